The first-order chi connectivity index (χ1) is 6.45. The van der Waals surface area contributed by atoms with Crippen molar-refractivity contribution in [1.82, 2.24) is 0 Å². The van der Waals surface area contributed by atoms with Gasteiger partial charge < -0.3 is 10.2 Å². The molecule has 0 aromatic carbocycles. The van der Waals surface area contributed by atoms with Crippen LogP contribution in [-0.2, 0) is 14.4 Å². The van der Waals surface area contributed by atoms with Gasteiger partial charge in [-0.25, -0.2) is 9.59 Å². The molecule has 0 radical (unpaired) electrons. The molecule has 0 aliphatic heterocycles. The van der Waals surface area contributed by atoms with Crippen LogP contribution in [0, 0.1) is 0 Å². The van der Waals surface area contributed by atoms with Gasteiger partial charge in [0.15, 0.2) is 5.78 Å². The molecule has 0 unspecified atom stereocenters. The summed E-state index contributed by atoms with van der Waals surface area (Å²) in [5, 5.41) is 17.3. The lowest BCUT2D eigenvalue weighted by atomic mass is 10.0. The van der Waals surface area contributed by atoms with Gasteiger partial charge in [0, 0.05) is 0 Å². The number of allylic oxidation sites excluding steroid dienone is 1. The fourth-order valence-electron chi connectivity index (χ4n) is 0.920. The number of hydrogen-bond donors (Lipinski definition) is 2. The Morgan fingerprint density at radius 3 is 1.93 bits per heavy atom. The number of hydrogen-bond acceptors (Lipinski definition) is 3. The predicted molar refractivity (Wildman–Crippen MR) is 47.8 cm³/mol. The minimum atomic E-state index is -1.55. The molecule has 2 N–H and O–H groups in total. The fourth-order valence-corrected chi connectivity index (χ4v) is 0.920. The van der Waals surface area contributed by atoms with E-state index in [-0.39, 0.29) is 6.42 Å². The van der Waals surface area contributed by atoms with Gasteiger partial charge in [-0.05, 0) is 12.5 Å². The molecule has 0 aromatic heterocycles. The first kappa shape index (κ1) is 12.1. The Hall–Kier alpha value is -1.91. The molecule has 0 aliphatic carbocycles. The largest absolute Gasteiger partial charge is 0.478 e. The van der Waals surface area contributed by atoms with Crippen LogP contribution in [0.15, 0.2) is 23.8 Å². The van der Waals surface area contributed by atoms with E-state index in [9.17, 15) is 14.4 Å². The second-order valence-electron chi connectivity index (χ2n) is 2.39. The van der Waals surface area contributed by atoms with E-state index in [0.717, 1.165) is 6.08 Å². The van der Waals surface area contributed by atoms with Crippen molar-refractivity contribution in [3.05, 3.63) is 23.8 Å². The van der Waals surface area contributed by atoms with Gasteiger partial charge in [0.1, 0.15) is 5.57 Å². The molecule has 0 aliphatic rings. The molecule has 0 fully saturated rings. The maximum atomic E-state index is 11.0. The lowest BCUT2D eigenvalue weighted by molar-refractivity contribution is -0.137. The molecule has 0 spiro atoms. The standard InChI is InChI=1S/C9H10O5/c1-3-5(8(11)12)7(9(13)14)6(10)4-2/h4H,2-3H2,1H3,(H,11,12)(H,13,14)/b7-5-. The van der Waals surface area contributed by atoms with Gasteiger partial charge in [0.25, 0.3) is 0 Å². The maximum Gasteiger partial charge on any atom is 0.340 e. The van der Waals surface area contributed by atoms with Gasteiger partial charge in [0.05, 0.1) is 5.57 Å². The highest BCUT2D eigenvalue weighted by atomic mass is 16.4. The van der Waals surface area contributed by atoms with Crippen molar-refractivity contribution in [2.24, 2.45) is 0 Å². The Balaban J connectivity index is 5.54. The molecule has 5 heteroatoms. The average molecular weight is 198 g/mol. The molecule has 76 valence electrons. The lowest BCUT2D eigenvalue weighted by Gasteiger charge is -2.02. The Morgan fingerprint density at radius 1 is 1.21 bits per heavy atom. The summed E-state index contributed by atoms with van der Waals surface area (Å²) in [5.74, 6) is -3.84. The Bertz CT molecular complexity index is 324. The van der Waals surface area contributed by atoms with Crippen molar-refractivity contribution < 1.29 is 24.6 Å². The SMILES string of the molecule is C=CC(=O)/C(C(=O)O)=C(\CC)C(=O)O. The first-order valence-electron chi connectivity index (χ1n) is 3.82. The van der Waals surface area contributed by atoms with E-state index in [0.29, 0.717) is 0 Å². The summed E-state index contributed by atoms with van der Waals surface area (Å²) in [6.45, 7) is 4.56. The van der Waals surface area contributed by atoms with Crippen LogP contribution in [-0.4, -0.2) is 27.9 Å². The molecular formula is C9H10O5. The Morgan fingerprint density at radius 2 is 1.71 bits per heavy atom. The molecule has 0 saturated carbocycles. The topological polar surface area (TPSA) is 91.7 Å². The number of carbonyl (C=O) groups is 3. The van der Waals surface area contributed by atoms with Crippen molar-refractivity contribution in [2.45, 2.75) is 13.3 Å². The van der Waals surface area contributed by atoms with E-state index in [2.05, 4.69) is 6.58 Å². The Kier molecular flexibility index (Phi) is 4.28. The van der Waals surface area contributed by atoms with Gasteiger partial charge in [0.2, 0.25) is 0 Å². The van der Waals surface area contributed by atoms with E-state index in [1.165, 1.54) is 6.92 Å². The summed E-state index contributed by atoms with van der Waals surface area (Å²) in [6.07, 6.45) is 0.749. The van der Waals surface area contributed by atoms with Crippen molar-refractivity contribution in [3.8, 4) is 0 Å². The lowest BCUT2D eigenvalue weighted by Crippen LogP contribution is -2.17. The van der Waals surface area contributed by atoms with Crippen LogP contribution < -0.4 is 0 Å². The van der Waals surface area contributed by atoms with Crippen molar-refractivity contribution in [2.75, 3.05) is 0 Å². The van der Waals surface area contributed by atoms with Crippen LogP contribution in [0.1, 0.15) is 13.3 Å². The van der Waals surface area contributed by atoms with Gasteiger partial charge in [-0.15, -0.1) is 0 Å². The highest BCUT2D eigenvalue weighted by Gasteiger charge is 2.23. The number of ketones is 1. The third-order valence-electron chi connectivity index (χ3n) is 1.56. The molecule has 0 amide bonds. The molecule has 5 nitrogen and oxygen atoms in total. The number of carbonyl (C=O) groups excluding carboxylic acids is 1. The third kappa shape index (κ3) is 2.55. The van der Waals surface area contributed by atoms with Crippen LogP contribution in [0.2, 0.25) is 0 Å². The zero-order chi connectivity index (χ0) is 11.3. The minimum Gasteiger partial charge on any atom is -0.478 e. The summed E-state index contributed by atoms with van der Waals surface area (Å²) in [5.41, 5.74) is -1.14. The molecule has 0 atom stereocenters. The van der Waals surface area contributed by atoms with Crippen LogP contribution in [0.25, 0.3) is 0 Å². The average Bonchev–Trinajstić information content (AvgIpc) is 2.11. The summed E-state index contributed by atoms with van der Waals surface area (Å²) in [7, 11) is 0. The quantitative estimate of drug-likeness (QED) is 0.383. The highest BCUT2D eigenvalue weighted by Crippen LogP contribution is 2.11. The first-order valence-corrected chi connectivity index (χ1v) is 3.82. The molecular weight excluding hydrogens is 188 g/mol. The molecule has 14 heavy (non-hydrogen) atoms. The van der Waals surface area contributed by atoms with E-state index >= 15 is 0 Å². The van der Waals surface area contributed by atoms with Gasteiger partial charge in [-0.3, -0.25) is 4.79 Å². The van der Waals surface area contributed by atoms with E-state index < -0.39 is 28.9 Å². The fraction of sp³-hybridized carbons (Fsp3) is 0.222. The van der Waals surface area contributed by atoms with Crippen LogP contribution in [0.4, 0.5) is 0 Å². The minimum absolute atomic E-state index is 0.0312. The second kappa shape index (κ2) is 4.96. The summed E-state index contributed by atoms with van der Waals surface area (Å²) < 4.78 is 0. The van der Waals surface area contributed by atoms with Crippen LogP contribution >= 0.6 is 0 Å². The number of rotatable bonds is 5. The van der Waals surface area contributed by atoms with Crippen LogP contribution in [0.5, 0.6) is 0 Å². The molecule has 0 rings (SSSR count). The van der Waals surface area contributed by atoms with Gasteiger partial charge in [-0.2, -0.15) is 0 Å². The normalized spacial score (nSPS) is 11.5. The zero-order valence-electron chi connectivity index (χ0n) is 7.61. The van der Waals surface area contributed by atoms with Crippen molar-refractivity contribution >= 4 is 17.7 Å². The highest BCUT2D eigenvalue weighted by molar-refractivity contribution is 6.24. The summed E-state index contributed by atoms with van der Waals surface area (Å²) >= 11 is 0. The monoisotopic (exact) mass is 198 g/mol. The van der Waals surface area contributed by atoms with E-state index in [1.54, 1.807) is 0 Å². The molecule has 0 saturated heterocycles. The predicted octanol–water partition coefficient (Wildman–Crippen LogP) is 0.617. The number of carboxylic acid groups (broad SMARTS) is 2. The van der Waals surface area contributed by atoms with E-state index in [1.807, 2.05) is 0 Å². The molecule has 0 heterocycles. The number of aliphatic carboxylic acids is 2. The smallest absolute Gasteiger partial charge is 0.340 e. The Labute approximate surface area is 80.4 Å². The van der Waals surface area contributed by atoms with Gasteiger partial charge >= 0.3 is 11.9 Å². The second-order valence-corrected chi connectivity index (χ2v) is 2.39. The van der Waals surface area contributed by atoms with Crippen LogP contribution in [0.3, 0.4) is 0 Å². The molecule has 0 aromatic rings. The van der Waals surface area contributed by atoms with Gasteiger partial charge in [-0.1, -0.05) is 13.5 Å². The molecule has 0 bridgehead atoms. The summed E-state index contributed by atoms with van der Waals surface area (Å²) in [6, 6.07) is 0. The number of carboxylic acids is 2. The zero-order valence-corrected chi connectivity index (χ0v) is 7.61. The maximum absolute atomic E-state index is 11.0. The third-order valence-corrected chi connectivity index (χ3v) is 1.56. The summed E-state index contributed by atoms with van der Waals surface area (Å²) in [4.78, 5) is 32.2. The van der Waals surface area contributed by atoms with Crippen molar-refractivity contribution in [1.29, 1.82) is 0 Å². The van der Waals surface area contributed by atoms with Crippen molar-refractivity contribution in [3.63, 3.8) is 0 Å². The van der Waals surface area contributed by atoms with E-state index in [4.69, 9.17) is 10.2 Å².